The van der Waals surface area contributed by atoms with Crippen molar-refractivity contribution in [2.24, 2.45) is 22.4 Å². The van der Waals surface area contributed by atoms with Crippen molar-refractivity contribution in [1.82, 2.24) is 5.43 Å². The fraction of sp³-hybridized carbons (Fsp3) is 0.412. The Bertz CT molecular complexity index is 633. The van der Waals surface area contributed by atoms with E-state index < -0.39 is 11.7 Å². The maximum atomic E-state index is 13.5. The van der Waals surface area contributed by atoms with Crippen LogP contribution in [0.2, 0.25) is 0 Å². The predicted octanol–water partition coefficient (Wildman–Crippen LogP) is 3.53. The van der Waals surface area contributed by atoms with Gasteiger partial charge in [0.15, 0.2) is 0 Å². The van der Waals surface area contributed by atoms with Crippen LogP contribution in [0.5, 0.6) is 0 Å². The highest BCUT2D eigenvalue weighted by molar-refractivity contribution is 5.95. The van der Waals surface area contributed by atoms with Crippen LogP contribution in [0.1, 0.15) is 37.0 Å². The SMILES string of the molecule is CC1(C)[C@H]2CC=C(/C=N/NC(=O)c3ccccc3F)[C@H]1C2. The lowest BCUT2D eigenvalue weighted by molar-refractivity contribution is -0.00126. The topological polar surface area (TPSA) is 41.5 Å². The number of amides is 1. The average Bonchev–Trinajstić information content (AvgIpc) is 2.47. The van der Waals surface area contributed by atoms with Crippen molar-refractivity contribution in [3.8, 4) is 0 Å². The van der Waals surface area contributed by atoms with Gasteiger partial charge in [0.2, 0.25) is 0 Å². The first-order chi connectivity index (χ1) is 10.00. The fourth-order valence-corrected chi connectivity index (χ4v) is 3.42. The average molecular weight is 286 g/mol. The molecule has 3 aliphatic carbocycles. The highest BCUT2D eigenvalue weighted by atomic mass is 19.1. The molecule has 1 amide bonds. The van der Waals surface area contributed by atoms with Crippen LogP contribution in [0.4, 0.5) is 4.39 Å². The van der Waals surface area contributed by atoms with E-state index in [1.54, 1.807) is 18.3 Å². The van der Waals surface area contributed by atoms with Crippen molar-refractivity contribution in [2.75, 3.05) is 0 Å². The van der Waals surface area contributed by atoms with Gasteiger partial charge in [0.05, 0.1) is 11.8 Å². The van der Waals surface area contributed by atoms with Gasteiger partial charge in [0, 0.05) is 0 Å². The second-order valence-corrected chi connectivity index (χ2v) is 6.43. The molecule has 110 valence electrons. The molecule has 1 saturated carbocycles. The minimum atomic E-state index is -0.537. The van der Waals surface area contributed by atoms with Gasteiger partial charge >= 0.3 is 0 Å². The lowest BCUT2D eigenvalue weighted by atomic mass is 9.49. The summed E-state index contributed by atoms with van der Waals surface area (Å²) in [5, 5.41) is 3.99. The van der Waals surface area contributed by atoms with Crippen molar-refractivity contribution in [1.29, 1.82) is 0 Å². The molecule has 0 heterocycles. The minimum absolute atomic E-state index is 0.0105. The van der Waals surface area contributed by atoms with Crippen LogP contribution in [0, 0.1) is 23.1 Å². The summed E-state index contributed by atoms with van der Waals surface area (Å²) >= 11 is 0. The Labute approximate surface area is 123 Å². The summed E-state index contributed by atoms with van der Waals surface area (Å²) in [4.78, 5) is 11.8. The third-order valence-corrected chi connectivity index (χ3v) is 5.01. The molecule has 2 bridgehead atoms. The molecule has 3 nitrogen and oxygen atoms in total. The molecule has 1 fully saturated rings. The Morgan fingerprint density at radius 3 is 2.86 bits per heavy atom. The van der Waals surface area contributed by atoms with Crippen molar-refractivity contribution in [2.45, 2.75) is 26.7 Å². The molecule has 21 heavy (non-hydrogen) atoms. The molecule has 0 aromatic heterocycles. The van der Waals surface area contributed by atoms with Gasteiger partial charge in [-0.3, -0.25) is 4.79 Å². The normalized spacial score (nSPS) is 26.1. The predicted molar refractivity (Wildman–Crippen MR) is 80.4 cm³/mol. The smallest absolute Gasteiger partial charge is 0.267 e. The number of hydrogen-bond donors (Lipinski definition) is 1. The lowest BCUT2D eigenvalue weighted by Gasteiger charge is -2.55. The monoisotopic (exact) mass is 286 g/mol. The second kappa shape index (κ2) is 5.10. The van der Waals surface area contributed by atoms with Crippen LogP contribution < -0.4 is 5.43 Å². The van der Waals surface area contributed by atoms with Gasteiger partial charge in [-0.05, 0) is 47.8 Å². The summed E-state index contributed by atoms with van der Waals surface area (Å²) in [5.74, 6) is 0.231. The van der Waals surface area contributed by atoms with Gasteiger partial charge in [-0.25, -0.2) is 9.82 Å². The highest BCUT2D eigenvalue weighted by Gasteiger charge is 2.50. The van der Waals surface area contributed by atoms with Gasteiger partial charge in [0.1, 0.15) is 5.82 Å². The molecular formula is C17H19FN2O. The highest BCUT2D eigenvalue weighted by Crippen LogP contribution is 2.58. The number of fused-ring (bicyclic) bond motifs is 1. The molecule has 0 radical (unpaired) electrons. The van der Waals surface area contributed by atoms with Crippen LogP contribution in [-0.4, -0.2) is 12.1 Å². The van der Waals surface area contributed by atoms with Crippen LogP contribution in [0.3, 0.4) is 0 Å². The van der Waals surface area contributed by atoms with Crippen molar-refractivity contribution < 1.29 is 9.18 Å². The van der Waals surface area contributed by atoms with E-state index in [0.717, 1.165) is 12.3 Å². The second-order valence-electron chi connectivity index (χ2n) is 6.43. The quantitative estimate of drug-likeness (QED) is 0.670. The van der Waals surface area contributed by atoms with Crippen molar-refractivity contribution in [3.05, 3.63) is 47.3 Å². The number of benzene rings is 1. The number of carbonyl (C=O) groups is 1. The number of halogens is 1. The van der Waals surface area contributed by atoms with Gasteiger partial charge in [-0.2, -0.15) is 5.10 Å². The van der Waals surface area contributed by atoms with E-state index in [-0.39, 0.29) is 5.56 Å². The summed E-state index contributed by atoms with van der Waals surface area (Å²) in [6.07, 6.45) is 6.18. The van der Waals surface area contributed by atoms with Gasteiger partial charge in [0.25, 0.3) is 5.91 Å². The van der Waals surface area contributed by atoms with Gasteiger partial charge < -0.3 is 0 Å². The van der Waals surface area contributed by atoms with Gasteiger partial charge in [-0.1, -0.05) is 32.1 Å². The summed E-state index contributed by atoms with van der Waals surface area (Å²) in [6, 6.07) is 5.89. The molecule has 0 spiro atoms. The number of rotatable bonds is 3. The Morgan fingerprint density at radius 2 is 2.19 bits per heavy atom. The largest absolute Gasteiger partial charge is 0.274 e. The molecule has 1 aromatic carbocycles. The lowest BCUT2D eigenvalue weighted by Crippen LogP contribution is -2.48. The minimum Gasteiger partial charge on any atom is -0.267 e. The number of carbonyl (C=O) groups excluding carboxylic acids is 1. The van der Waals surface area contributed by atoms with Crippen LogP contribution in [-0.2, 0) is 0 Å². The zero-order chi connectivity index (χ0) is 15.0. The van der Waals surface area contributed by atoms with Gasteiger partial charge in [-0.15, -0.1) is 0 Å². The van der Waals surface area contributed by atoms with Crippen molar-refractivity contribution in [3.63, 3.8) is 0 Å². The maximum absolute atomic E-state index is 13.5. The first-order valence-corrected chi connectivity index (χ1v) is 7.28. The summed E-state index contributed by atoms with van der Waals surface area (Å²) in [5.41, 5.74) is 3.91. The third kappa shape index (κ3) is 2.39. The Hall–Kier alpha value is -1.97. The van der Waals surface area contributed by atoms with E-state index in [9.17, 15) is 9.18 Å². The van der Waals surface area contributed by atoms with E-state index in [1.807, 2.05) is 0 Å². The number of hydrazone groups is 1. The van der Waals surface area contributed by atoms with E-state index in [0.29, 0.717) is 11.3 Å². The third-order valence-electron chi connectivity index (χ3n) is 5.01. The van der Waals surface area contributed by atoms with Crippen LogP contribution in [0.15, 0.2) is 41.0 Å². The summed E-state index contributed by atoms with van der Waals surface area (Å²) < 4.78 is 13.5. The number of allylic oxidation sites excluding steroid dienone is 2. The Kier molecular flexibility index (Phi) is 3.40. The molecule has 4 rings (SSSR count). The van der Waals surface area contributed by atoms with E-state index in [4.69, 9.17) is 0 Å². The number of hydrogen-bond acceptors (Lipinski definition) is 2. The van der Waals surface area contributed by atoms with Crippen LogP contribution >= 0.6 is 0 Å². The zero-order valence-electron chi connectivity index (χ0n) is 12.3. The molecule has 0 saturated heterocycles. The Morgan fingerprint density at radius 1 is 1.43 bits per heavy atom. The maximum Gasteiger partial charge on any atom is 0.274 e. The molecule has 4 heteroatoms. The number of nitrogens with zero attached hydrogens (tertiary/aromatic N) is 1. The zero-order valence-corrected chi connectivity index (χ0v) is 12.3. The fourth-order valence-electron chi connectivity index (χ4n) is 3.42. The van der Waals surface area contributed by atoms with Crippen molar-refractivity contribution >= 4 is 12.1 Å². The van der Waals surface area contributed by atoms with E-state index in [1.165, 1.54) is 24.1 Å². The standard InChI is InChI=1S/C17H19FN2O/c1-17(2)12-8-7-11(14(17)9-12)10-19-20-16(21)13-5-3-4-6-15(13)18/h3-7,10,12,14H,8-9H2,1-2H3,(H,20,21)/b19-10+/t12-,14+/m0/s1. The Balaban J connectivity index is 1.65. The van der Waals surface area contributed by atoms with E-state index >= 15 is 0 Å². The summed E-state index contributed by atoms with van der Waals surface area (Å²) in [6.45, 7) is 4.56. The molecule has 0 aliphatic heterocycles. The van der Waals surface area contributed by atoms with E-state index in [2.05, 4.69) is 30.5 Å². The summed E-state index contributed by atoms with van der Waals surface area (Å²) in [7, 11) is 0. The molecule has 0 unspecified atom stereocenters. The molecule has 1 aromatic rings. The molecule has 2 atom stereocenters. The molecule has 3 aliphatic rings. The molecular weight excluding hydrogens is 267 g/mol. The first kappa shape index (κ1) is 14.0. The number of nitrogens with one attached hydrogen (secondary N) is 1. The molecule has 1 N–H and O–H groups in total. The van der Waals surface area contributed by atoms with Crippen LogP contribution in [0.25, 0.3) is 0 Å². The first-order valence-electron chi connectivity index (χ1n) is 7.28.